The second kappa shape index (κ2) is 8.06. The maximum absolute atomic E-state index is 13.9. The molecule has 5 N–H and O–H groups in total. The fourth-order valence-electron chi connectivity index (χ4n) is 2.96. The van der Waals surface area contributed by atoms with Gasteiger partial charge in [0, 0.05) is 29.7 Å². The van der Waals surface area contributed by atoms with Gasteiger partial charge >= 0.3 is 0 Å². The molecule has 1 aromatic carbocycles. The summed E-state index contributed by atoms with van der Waals surface area (Å²) in [6.07, 6.45) is 1.27. The maximum atomic E-state index is 13.9. The number of nitrogens with two attached hydrogens (primary N) is 1. The SMILES string of the molecule is C=C(Nc1cc2cc(C(=N)SC(C)=N)ccc2cn1)N1CC[C@H](N)C(F)C1. The number of pyridine rings is 1. The Balaban J connectivity index is 1.76. The minimum atomic E-state index is -1.06. The van der Waals surface area contributed by atoms with Gasteiger partial charge in [0.15, 0.2) is 0 Å². The Kier molecular flexibility index (Phi) is 5.76. The van der Waals surface area contributed by atoms with Crippen molar-refractivity contribution in [2.45, 2.75) is 25.6 Å². The Labute approximate surface area is 162 Å². The third-order valence-corrected chi connectivity index (χ3v) is 5.23. The summed E-state index contributed by atoms with van der Waals surface area (Å²) in [6, 6.07) is 7.13. The molecule has 0 spiro atoms. The lowest BCUT2D eigenvalue weighted by Gasteiger charge is -2.35. The molecular weight excluding hydrogens is 363 g/mol. The van der Waals surface area contributed by atoms with E-state index in [1.807, 2.05) is 29.2 Å². The molecule has 1 aliphatic heterocycles. The first kappa shape index (κ1) is 19.3. The predicted molar refractivity (Wildman–Crippen MR) is 111 cm³/mol. The number of hydrogen-bond acceptors (Lipinski definition) is 7. The Hall–Kier alpha value is -2.45. The van der Waals surface area contributed by atoms with Crippen molar-refractivity contribution in [2.75, 3.05) is 18.4 Å². The van der Waals surface area contributed by atoms with Crippen LogP contribution in [0.2, 0.25) is 0 Å². The van der Waals surface area contributed by atoms with Crippen molar-refractivity contribution >= 4 is 38.4 Å². The third-order valence-electron chi connectivity index (χ3n) is 4.48. The molecule has 0 bridgehead atoms. The first-order valence-corrected chi connectivity index (χ1v) is 9.47. The minimum Gasteiger partial charge on any atom is -0.356 e. The van der Waals surface area contributed by atoms with Crippen LogP contribution in [-0.2, 0) is 0 Å². The zero-order valence-electron chi connectivity index (χ0n) is 15.1. The number of anilines is 1. The van der Waals surface area contributed by atoms with Gasteiger partial charge in [0.25, 0.3) is 0 Å². The molecular formula is C19H23FN6S. The number of benzene rings is 1. The zero-order chi connectivity index (χ0) is 19.6. The zero-order valence-corrected chi connectivity index (χ0v) is 15.9. The molecule has 2 atom stereocenters. The first-order valence-electron chi connectivity index (χ1n) is 8.66. The monoisotopic (exact) mass is 386 g/mol. The summed E-state index contributed by atoms with van der Waals surface area (Å²) in [5, 5.41) is 21.3. The van der Waals surface area contributed by atoms with Gasteiger partial charge in [0.2, 0.25) is 0 Å². The van der Waals surface area contributed by atoms with Crippen LogP contribution in [0.25, 0.3) is 10.8 Å². The van der Waals surface area contributed by atoms with Crippen LogP contribution in [0, 0.1) is 10.8 Å². The van der Waals surface area contributed by atoms with Crippen LogP contribution in [-0.4, -0.2) is 45.3 Å². The van der Waals surface area contributed by atoms with Crippen molar-refractivity contribution < 1.29 is 4.39 Å². The average molecular weight is 387 g/mol. The van der Waals surface area contributed by atoms with E-state index < -0.39 is 12.2 Å². The van der Waals surface area contributed by atoms with E-state index >= 15 is 0 Å². The number of halogens is 1. The molecule has 3 rings (SSSR count). The molecule has 142 valence electrons. The van der Waals surface area contributed by atoms with E-state index in [1.165, 1.54) is 0 Å². The third kappa shape index (κ3) is 4.64. The van der Waals surface area contributed by atoms with Crippen molar-refractivity contribution in [1.29, 1.82) is 10.8 Å². The highest BCUT2D eigenvalue weighted by Crippen LogP contribution is 2.23. The van der Waals surface area contributed by atoms with E-state index in [9.17, 15) is 4.39 Å². The van der Waals surface area contributed by atoms with E-state index in [-0.39, 0.29) is 6.54 Å². The summed E-state index contributed by atoms with van der Waals surface area (Å²) in [5.74, 6) is 1.20. The lowest BCUT2D eigenvalue weighted by molar-refractivity contribution is 0.147. The van der Waals surface area contributed by atoms with Gasteiger partial charge in [-0.1, -0.05) is 30.5 Å². The number of nitrogens with one attached hydrogen (secondary N) is 3. The number of nitrogens with zero attached hydrogens (tertiary/aromatic N) is 2. The van der Waals surface area contributed by atoms with Crippen LogP contribution in [0.3, 0.4) is 0 Å². The molecule has 0 aliphatic carbocycles. The Bertz CT molecular complexity index is 899. The lowest BCUT2D eigenvalue weighted by Crippen LogP contribution is -2.48. The van der Waals surface area contributed by atoms with Gasteiger partial charge in [-0.25, -0.2) is 9.37 Å². The number of piperidine rings is 1. The van der Waals surface area contributed by atoms with Crippen molar-refractivity contribution in [2.24, 2.45) is 5.73 Å². The van der Waals surface area contributed by atoms with Gasteiger partial charge in [-0.3, -0.25) is 10.8 Å². The number of thioether (sulfide) groups is 1. The Morgan fingerprint density at radius 3 is 2.85 bits per heavy atom. The maximum Gasteiger partial charge on any atom is 0.133 e. The highest BCUT2D eigenvalue weighted by Gasteiger charge is 2.27. The summed E-state index contributed by atoms with van der Waals surface area (Å²) in [7, 11) is 0. The van der Waals surface area contributed by atoms with E-state index in [1.54, 1.807) is 13.1 Å². The van der Waals surface area contributed by atoms with Crippen molar-refractivity contribution in [1.82, 2.24) is 9.88 Å². The molecule has 0 saturated carbocycles. The normalized spacial score (nSPS) is 19.7. The second-order valence-corrected chi connectivity index (χ2v) is 7.83. The van der Waals surface area contributed by atoms with E-state index in [0.29, 0.717) is 34.7 Å². The smallest absolute Gasteiger partial charge is 0.133 e. The molecule has 1 aromatic heterocycles. The lowest BCUT2D eigenvalue weighted by atomic mass is 10.0. The summed E-state index contributed by atoms with van der Waals surface area (Å²) in [6.45, 7) is 6.54. The Morgan fingerprint density at radius 2 is 2.15 bits per heavy atom. The molecule has 2 heterocycles. The van der Waals surface area contributed by atoms with E-state index in [0.717, 1.165) is 28.1 Å². The molecule has 27 heavy (non-hydrogen) atoms. The van der Waals surface area contributed by atoms with Gasteiger partial charge < -0.3 is 16.0 Å². The minimum absolute atomic E-state index is 0.224. The molecule has 2 aromatic rings. The first-order chi connectivity index (χ1) is 12.8. The number of fused-ring (bicyclic) bond motifs is 1. The predicted octanol–water partition coefficient (Wildman–Crippen LogP) is 3.54. The second-order valence-electron chi connectivity index (χ2n) is 6.61. The van der Waals surface area contributed by atoms with Crippen LogP contribution in [0.5, 0.6) is 0 Å². The molecule has 0 radical (unpaired) electrons. The molecule has 8 heteroatoms. The van der Waals surface area contributed by atoms with Crippen LogP contribution < -0.4 is 11.1 Å². The highest BCUT2D eigenvalue weighted by atomic mass is 32.2. The summed E-state index contributed by atoms with van der Waals surface area (Å²) < 4.78 is 13.9. The molecule has 1 fully saturated rings. The van der Waals surface area contributed by atoms with Gasteiger partial charge in [-0.05, 0) is 30.9 Å². The fraction of sp³-hybridized carbons (Fsp3) is 0.316. The topological polar surface area (TPSA) is 102 Å². The molecule has 0 amide bonds. The number of alkyl halides is 1. The summed E-state index contributed by atoms with van der Waals surface area (Å²) in [5.41, 5.74) is 6.48. The fourth-order valence-corrected chi connectivity index (χ4v) is 3.51. The van der Waals surface area contributed by atoms with E-state index in [4.69, 9.17) is 16.6 Å². The van der Waals surface area contributed by atoms with E-state index in [2.05, 4.69) is 16.9 Å². The highest BCUT2D eigenvalue weighted by molar-refractivity contribution is 8.26. The van der Waals surface area contributed by atoms with Gasteiger partial charge in [-0.15, -0.1) is 0 Å². The Morgan fingerprint density at radius 1 is 1.37 bits per heavy atom. The van der Waals surface area contributed by atoms with Crippen LogP contribution >= 0.6 is 11.8 Å². The molecule has 1 saturated heterocycles. The van der Waals surface area contributed by atoms with Crippen molar-refractivity contribution in [3.05, 3.63) is 48.4 Å². The number of aromatic nitrogens is 1. The van der Waals surface area contributed by atoms with Gasteiger partial charge in [0.05, 0.1) is 17.4 Å². The van der Waals surface area contributed by atoms with Crippen molar-refractivity contribution in [3.8, 4) is 0 Å². The average Bonchev–Trinajstić information content (AvgIpc) is 2.62. The number of rotatable bonds is 4. The summed E-state index contributed by atoms with van der Waals surface area (Å²) in [4.78, 5) is 6.23. The van der Waals surface area contributed by atoms with Crippen LogP contribution in [0.4, 0.5) is 10.2 Å². The largest absolute Gasteiger partial charge is 0.356 e. The molecule has 6 nitrogen and oxygen atoms in total. The van der Waals surface area contributed by atoms with Gasteiger partial charge in [-0.2, -0.15) is 0 Å². The number of hydrogen-bond donors (Lipinski definition) is 4. The quantitative estimate of drug-likeness (QED) is 0.475. The molecule has 1 unspecified atom stereocenters. The molecule has 1 aliphatic rings. The standard InChI is InChI=1S/C19H23FN6S/c1-11(21)27-19(23)13-3-4-14-9-24-18(8-15(14)7-13)25-12(2)26-6-5-17(22)16(20)10-26/h3-4,7-9,16-17,21,23H,2,5-6,10,22H2,1H3,(H,24,25)/t16?,17-/m0/s1. The summed E-state index contributed by atoms with van der Waals surface area (Å²) >= 11 is 1.12. The number of likely N-dealkylation sites (tertiary alicyclic amines) is 1. The van der Waals surface area contributed by atoms with Crippen molar-refractivity contribution in [3.63, 3.8) is 0 Å². The van der Waals surface area contributed by atoms with Crippen LogP contribution in [0.1, 0.15) is 18.9 Å². The van der Waals surface area contributed by atoms with Crippen LogP contribution in [0.15, 0.2) is 42.9 Å². The van der Waals surface area contributed by atoms with Gasteiger partial charge in [0.1, 0.15) is 17.0 Å².